The summed E-state index contributed by atoms with van der Waals surface area (Å²) in [6.07, 6.45) is 5.47. The SMILES string of the molecule is CC(NCc1nn(C)cc1Cl)c1cn[nH]c1. The third-order valence-electron chi connectivity index (χ3n) is 2.45. The molecule has 0 spiro atoms. The third-order valence-corrected chi connectivity index (χ3v) is 2.77. The normalized spacial score (nSPS) is 12.9. The van der Waals surface area contributed by atoms with E-state index in [2.05, 4.69) is 27.5 Å². The number of halogens is 1. The zero-order valence-corrected chi connectivity index (χ0v) is 9.99. The summed E-state index contributed by atoms with van der Waals surface area (Å²) < 4.78 is 1.71. The maximum absolute atomic E-state index is 6.01. The Balaban J connectivity index is 1.95. The highest BCUT2D eigenvalue weighted by atomic mass is 35.5. The first kappa shape index (κ1) is 11.2. The Morgan fingerprint density at radius 3 is 3.00 bits per heavy atom. The van der Waals surface area contributed by atoms with Gasteiger partial charge in [-0.3, -0.25) is 9.78 Å². The molecule has 5 nitrogen and oxygen atoms in total. The van der Waals surface area contributed by atoms with Gasteiger partial charge in [0.05, 0.1) is 16.9 Å². The van der Waals surface area contributed by atoms with Crippen molar-refractivity contribution in [3.05, 3.63) is 34.9 Å². The number of aromatic nitrogens is 4. The second-order valence-corrected chi connectivity index (χ2v) is 4.14. The highest BCUT2D eigenvalue weighted by Crippen LogP contribution is 2.15. The molecular weight excluding hydrogens is 226 g/mol. The van der Waals surface area contributed by atoms with Crippen molar-refractivity contribution < 1.29 is 0 Å². The number of hydrogen-bond acceptors (Lipinski definition) is 3. The summed E-state index contributed by atoms with van der Waals surface area (Å²) in [5.41, 5.74) is 1.98. The Labute approximate surface area is 98.8 Å². The Kier molecular flexibility index (Phi) is 3.26. The molecule has 6 heteroatoms. The molecular formula is C10H14ClN5. The molecule has 2 heterocycles. The number of nitrogens with one attached hydrogen (secondary N) is 2. The molecule has 0 aliphatic carbocycles. The fraction of sp³-hybridized carbons (Fsp3) is 0.400. The maximum Gasteiger partial charge on any atom is 0.0948 e. The van der Waals surface area contributed by atoms with Gasteiger partial charge in [-0.1, -0.05) is 11.6 Å². The Morgan fingerprint density at radius 2 is 2.44 bits per heavy atom. The second-order valence-electron chi connectivity index (χ2n) is 3.73. The molecule has 0 aliphatic rings. The first-order chi connectivity index (χ1) is 7.66. The molecule has 2 aromatic rings. The average Bonchev–Trinajstić information content (AvgIpc) is 2.84. The topological polar surface area (TPSA) is 58.5 Å². The van der Waals surface area contributed by atoms with E-state index in [-0.39, 0.29) is 6.04 Å². The fourth-order valence-electron chi connectivity index (χ4n) is 1.49. The molecule has 0 saturated heterocycles. The summed E-state index contributed by atoms with van der Waals surface area (Å²) in [7, 11) is 1.86. The zero-order chi connectivity index (χ0) is 11.5. The number of H-pyrrole nitrogens is 1. The van der Waals surface area contributed by atoms with Crippen molar-refractivity contribution in [3.8, 4) is 0 Å². The molecule has 1 atom stereocenters. The molecule has 16 heavy (non-hydrogen) atoms. The van der Waals surface area contributed by atoms with Crippen molar-refractivity contribution in [2.75, 3.05) is 0 Å². The van der Waals surface area contributed by atoms with E-state index < -0.39 is 0 Å². The lowest BCUT2D eigenvalue weighted by molar-refractivity contribution is 0.562. The molecule has 2 rings (SSSR count). The predicted molar refractivity (Wildman–Crippen MR) is 62.1 cm³/mol. The molecule has 0 aliphatic heterocycles. The standard InChI is InChI=1S/C10H14ClN5/c1-7(8-3-13-14-4-8)12-5-10-9(11)6-16(2)15-10/h3-4,6-7,12H,5H2,1-2H3,(H,13,14). The van der Waals surface area contributed by atoms with Crippen LogP contribution < -0.4 is 5.32 Å². The molecule has 2 N–H and O–H groups in total. The van der Waals surface area contributed by atoms with Crippen LogP contribution in [0.3, 0.4) is 0 Å². The summed E-state index contributed by atoms with van der Waals surface area (Å²) in [5, 5.41) is 15.0. The van der Waals surface area contributed by atoms with Gasteiger partial charge >= 0.3 is 0 Å². The van der Waals surface area contributed by atoms with Crippen LogP contribution in [0.2, 0.25) is 5.02 Å². The van der Waals surface area contributed by atoms with Gasteiger partial charge in [0.2, 0.25) is 0 Å². The minimum atomic E-state index is 0.219. The maximum atomic E-state index is 6.01. The lowest BCUT2D eigenvalue weighted by Gasteiger charge is -2.10. The molecule has 86 valence electrons. The number of nitrogens with zero attached hydrogens (tertiary/aromatic N) is 3. The minimum absolute atomic E-state index is 0.219. The average molecular weight is 240 g/mol. The van der Waals surface area contributed by atoms with Gasteiger partial charge in [0.15, 0.2) is 0 Å². The van der Waals surface area contributed by atoms with E-state index in [0.717, 1.165) is 11.3 Å². The molecule has 0 aromatic carbocycles. The minimum Gasteiger partial charge on any atom is -0.304 e. The van der Waals surface area contributed by atoms with Gasteiger partial charge in [-0.2, -0.15) is 10.2 Å². The van der Waals surface area contributed by atoms with Crippen molar-refractivity contribution >= 4 is 11.6 Å². The van der Waals surface area contributed by atoms with E-state index in [4.69, 9.17) is 11.6 Å². The van der Waals surface area contributed by atoms with Crippen LogP contribution in [0.25, 0.3) is 0 Å². The molecule has 0 amide bonds. The molecule has 1 unspecified atom stereocenters. The fourth-order valence-corrected chi connectivity index (χ4v) is 1.74. The summed E-state index contributed by atoms with van der Waals surface area (Å²) in [5.74, 6) is 0. The van der Waals surface area contributed by atoms with E-state index in [1.807, 2.05) is 13.2 Å². The van der Waals surface area contributed by atoms with Gasteiger partial charge in [-0.25, -0.2) is 0 Å². The predicted octanol–water partition coefficient (Wildman–Crippen LogP) is 1.65. The first-order valence-corrected chi connectivity index (χ1v) is 5.44. The molecule has 0 fully saturated rings. The summed E-state index contributed by atoms with van der Waals surface area (Å²) in [6, 6.07) is 0.219. The quantitative estimate of drug-likeness (QED) is 0.853. The van der Waals surface area contributed by atoms with E-state index in [1.54, 1.807) is 17.1 Å². The number of aromatic amines is 1. The monoisotopic (exact) mass is 239 g/mol. The van der Waals surface area contributed by atoms with Crippen LogP contribution in [0.1, 0.15) is 24.2 Å². The van der Waals surface area contributed by atoms with Crippen LogP contribution in [0.5, 0.6) is 0 Å². The van der Waals surface area contributed by atoms with E-state index in [0.29, 0.717) is 11.6 Å². The van der Waals surface area contributed by atoms with Gasteiger partial charge in [0.1, 0.15) is 0 Å². The van der Waals surface area contributed by atoms with Crippen LogP contribution in [0.15, 0.2) is 18.6 Å². The lowest BCUT2D eigenvalue weighted by atomic mass is 10.2. The van der Waals surface area contributed by atoms with E-state index >= 15 is 0 Å². The van der Waals surface area contributed by atoms with Crippen molar-refractivity contribution in [1.82, 2.24) is 25.3 Å². The Morgan fingerprint density at radius 1 is 1.62 bits per heavy atom. The molecule has 2 aromatic heterocycles. The first-order valence-electron chi connectivity index (χ1n) is 5.07. The Bertz CT molecular complexity index is 448. The van der Waals surface area contributed by atoms with Gasteiger partial charge in [-0.15, -0.1) is 0 Å². The second kappa shape index (κ2) is 4.67. The van der Waals surface area contributed by atoms with Crippen LogP contribution in [-0.4, -0.2) is 20.0 Å². The molecule has 0 radical (unpaired) electrons. The van der Waals surface area contributed by atoms with Crippen LogP contribution >= 0.6 is 11.6 Å². The largest absolute Gasteiger partial charge is 0.304 e. The molecule has 0 saturated carbocycles. The van der Waals surface area contributed by atoms with Crippen LogP contribution in [0.4, 0.5) is 0 Å². The van der Waals surface area contributed by atoms with Crippen LogP contribution in [0, 0.1) is 0 Å². The van der Waals surface area contributed by atoms with Crippen molar-refractivity contribution in [2.24, 2.45) is 7.05 Å². The number of hydrogen-bond donors (Lipinski definition) is 2. The summed E-state index contributed by atoms with van der Waals surface area (Å²) in [4.78, 5) is 0. The number of rotatable bonds is 4. The van der Waals surface area contributed by atoms with Gasteiger partial charge in [-0.05, 0) is 6.92 Å². The van der Waals surface area contributed by atoms with E-state index in [1.165, 1.54) is 0 Å². The smallest absolute Gasteiger partial charge is 0.0948 e. The number of aryl methyl sites for hydroxylation is 1. The van der Waals surface area contributed by atoms with Gasteiger partial charge < -0.3 is 5.32 Å². The highest BCUT2D eigenvalue weighted by Gasteiger charge is 2.09. The van der Waals surface area contributed by atoms with Gasteiger partial charge in [0.25, 0.3) is 0 Å². The summed E-state index contributed by atoms with van der Waals surface area (Å²) >= 11 is 6.01. The van der Waals surface area contributed by atoms with Crippen molar-refractivity contribution in [1.29, 1.82) is 0 Å². The third kappa shape index (κ3) is 2.43. The lowest BCUT2D eigenvalue weighted by Crippen LogP contribution is -2.18. The van der Waals surface area contributed by atoms with Crippen molar-refractivity contribution in [3.63, 3.8) is 0 Å². The van der Waals surface area contributed by atoms with Crippen molar-refractivity contribution in [2.45, 2.75) is 19.5 Å². The molecule has 0 bridgehead atoms. The van der Waals surface area contributed by atoms with Gasteiger partial charge in [0, 0.05) is 37.6 Å². The summed E-state index contributed by atoms with van der Waals surface area (Å²) in [6.45, 7) is 2.72. The Hall–Kier alpha value is -1.33. The van der Waals surface area contributed by atoms with E-state index in [9.17, 15) is 0 Å². The van der Waals surface area contributed by atoms with Crippen LogP contribution in [-0.2, 0) is 13.6 Å². The zero-order valence-electron chi connectivity index (χ0n) is 9.24. The highest BCUT2D eigenvalue weighted by molar-refractivity contribution is 6.31.